The van der Waals surface area contributed by atoms with Crippen LogP contribution in [0.4, 0.5) is 24.5 Å². The van der Waals surface area contributed by atoms with E-state index in [1.807, 2.05) is 6.92 Å². The van der Waals surface area contributed by atoms with Gasteiger partial charge in [-0.3, -0.25) is 4.79 Å². The zero-order valence-corrected chi connectivity index (χ0v) is 14.0. The summed E-state index contributed by atoms with van der Waals surface area (Å²) in [6, 6.07) is 9.79. The zero-order valence-electron chi connectivity index (χ0n) is 13.3. The number of anilines is 2. The second-order valence-corrected chi connectivity index (χ2v) is 5.43. The highest BCUT2D eigenvalue weighted by atomic mass is 35.5. The number of carbonyl (C=O) groups is 1. The van der Waals surface area contributed by atoms with Crippen molar-refractivity contribution in [2.75, 3.05) is 23.8 Å². The number of alkyl halides is 3. The third-order valence-electron chi connectivity index (χ3n) is 3.19. The number of amides is 1. The van der Waals surface area contributed by atoms with E-state index in [-0.39, 0.29) is 17.3 Å². The molecule has 0 fully saturated rings. The number of carbonyl (C=O) groups excluding carboxylic acids is 1. The summed E-state index contributed by atoms with van der Waals surface area (Å²) in [6.07, 6.45) is -4.52. The molecule has 25 heavy (non-hydrogen) atoms. The van der Waals surface area contributed by atoms with Crippen LogP contribution in [-0.4, -0.2) is 19.1 Å². The second-order valence-electron chi connectivity index (χ2n) is 5.02. The predicted octanol–water partition coefficient (Wildman–Crippen LogP) is 4.81. The van der Waals surface area contributed by atoms with Crippen molar-refractivity contribution in [3.63, 3.8) is 0 Å². The molecule has 0 aliphatic carbocycles. The normalized spacial score (nSPS) is 11.1. The summed E-state index contributed by atoms with van der Waals surface area (Å²) in [5, 5.41) is 5.27. The van der Waals surface area contributed by atoms with Crippen LogP contribution in [0.25, 0.3) is 0 Å². The van der Waals surface area contributed by atoms with Gasteiger partial charge in [0, 0.05) is 0 Å². The third kappa shape index (κ3) is 5.29. The molecular weight excluding hydrogens is 357 g/mol. The van der Waals surface area contributed by atoms with E-state index in [4.69, 9.17) is 16.3 Å². The van der Waals surface area contributed by atoms with Gasteiger partial charge in [0.1, 0.15) is 5.75 Å². The Balaban J connectivity index is 2.04. The fourth-order valence-corrected chi connectivity index (χ4v) is 2.23. The van der Waals surface area contributed by atoms with Crippen LogP contribution in [0.2, 0.25) is 5.02 Å². The molecule has 0 unspecified atom stereocenters. The summed E-state index contributed by atoms with van der Waals surface area (Å²) in [4.78, 5) is 12.0. The van der Waals surface area contributed by atoms with E-state index in [9.17, 15) is 18.0 Å². The highest BCUT2D eigenvalue weighted by Gasteiger charge is 2.31. The lowest BCUT2D eigenvalue weighted by atomic mass is 10.2. The van der Waals surface area contributed by atoms with Crippen molar-refractivity contribution in [3.8, 4) is 5.75 Å². The number of rotatable bonds is 6. The molecule has 0 aliphatic heterocycles. The van der Waals surface area contributed by atoms with Gasteiger partial charge >= 0.3 is 6.18 Å². The van der Waals surface area contributed by atoms with Crippen LogP contribution in [0.1, 0.15) is 12.5 Å². The van der Waals surface area contributed by atoms with Gasteiger partial charge in [0.2, 0.25) is 5.91 Å². The summed E-state index contributed by atoms with van der Waals surface area (Å²) in [6.45, 7) is 2.14. The van der Waals surface area contributed by atoms with E-state index in [0.29, 0.717) is 18.0 Å². The van der Waals surface area contributed by atoms with Gasteiger partial charge in [0.05, 0.1) is 35.1 Å². The quantitative estimate of drug-likeness (QED) is 0.765. The summed E-state index contributed by atoms with van der Waals surface area (Å²) in [7, 11) is 0. The maximum absolute atomic E-state index is 12.7. The van der Waals surface area contributed by atoms with Gasteiger partial charge < -0.3 is 15.4 Å². The molecule has 4 nitrogen and oxygen atoms in total. The Labute approximate surface area is 147 Å². The average molecular weight is 373 g/mol. The van der Waals surface area contributed by atoms with E-state index in [2.05, 4.69) is 10.6 Å². The fraction of sp³-hybridized carbons (Fsp3) is 0.235. The first kappa shape index (κ1) is 18.9. The number of nitrogens with one attached hydrogen (secondary N) is 2. The fourth-order valence-electron chi connectivity index (χ4n) is 2.06. The van der Waals surface area contributed by atoms with Crippen molar-refractivity contribution in [2.45, 2.75) is 13.1 Å². The highest BCUT2D eigenvalue weighted by molar-refractivity contribution is 6.33. The average Bonchev–Trinajstić information content (AvgIpc) is 2.55. The van der Waals surface area contributed by atoms with E-state index < -0.39 is 17.6 Å². The molecule has 0 atom stereocenters. The van der Waals surface area contributed by atoms with Crippen LogP contribution in [0, 0.1) is 0 Å². The van der Waals surface area contributed by atoms with Gasteiger partial charge in [0.15, 0.2) is 0 Å². The van der Waals surface area contributed by atoms with Crippen molar-refractivity contribution in [1.82, 2.24) is 0 Å². The number of hydrogen-bond donors (Lipinski definition) is 2. The van der Waals surface area contributed by atoms with Crippen molar-refractivity contribution in [2.24, 2.45) is 0 Å². The van der Waals surface area contributed by atoms with Crippen molar-refractivity contribution in [1.29, 1.82) is 0 Å². The lowest BCUT2D eigenvalue weighted by molar-refractivity contribution is -0.137. The van der Waals surface area contributed by atoms with Crippen LogP contribution in [-0.2, 0) is 11.0 Å². The maximum Gasteiger partial charge on any atom is 0.416 e. The van der Waals surface area contributed by atoms with E-state index in [1.54, 1.807) is 24.3 Å². The Morgan fingerprint density at radius 3 is 2.56 bits per heavy atom. The predicted molar refractivity (Wildman–Crippen MR) is 91.2 cm³/mol. The third-order valence-corrected chi connectivity index (χ3v) is 3.52. The van der Waals surface area contributed by atoms with E-state index in [1.165, 1.54) is 0 Å². The molecule has 1 amide bonds. The van der Waals surface area contributed by atoms with Crippen molar-refractivity contribution in [3.05, 3.63) is 53.1 Å². The topological polar surface area (TPSA) is 50.4 Å². The maximum atomic E-state index is 12.7. The largest absolute Gasteiger partial charge is 0.492 e. The second kappa shape index (κ2) is 8.11. The monoisotopic (exact) mass is 372 g/mol. The molecule has 8 heteroatoms. The SMILES string of the molecule is CCOc1ccccc1NCC(=O)Nc1cc(C(F)(F)F)ccc1Cl. The summed E-state index contributed by atoms with van der Waals surface area (Å²) >= 11 is 5.85. The number of benzene rings is 2. The smallest absolute Gasteiger partial charge is 0.416 e. The first-order valence-corrected chi connectivity index (χ1v) is 7.81. The first-order valence-electron chi connectivity index (χ1n) is 7.43. The Bertz CT molecular complexity index is 751. The summed E-state index contributed by atoms with van der Waals surface area (Å²) < 4.78 is 43.6. The molecule has 2 rings (SSSR count). The minimum Gasteiger partial charge on any atom is -0.492 e. The molecule has 0 bridgehead atoms. The molecule has 0 spiro atoms. The van der Waals surface area contributed by atoms with Gasteiger partial charge in [-0.05, 0) is 37.3 Å². The molecule has 0 saturated carbocycles. The van der Waals surface area contributed by atoms with Crippen LogP contribution in [0.3, 0.4) is 0 Å². The Kier molecular flexibility index (Phi) is 6.14. The molecule has 134 valence electrons. The molecule has 0 aromatic heterocycles. The summed E-state index contributed by atoms with van der Waals surface area (Å²) in [5.74, 6) is 0.0439. The highest BCUT2D eigenvalue weighted by Crippen LogP contribution is 2.33. The van der Waals surface area contributed by atoms with Crippen LogP contribution in [0.5, 0.6) is 5.75 Å². The van der Waals surface area contributed by atoms with Crippen LogP contribution in [0.15, 0.2) is 42.5 Å². The first-order chi connectivity index (χ1) is 11.8. The lowest BCUT2D eigenvalue weighted by Crippen LogP contribution is -2.22. The Morgan fingerprint density at radius 2 is 1.88 bits per heavy atom. The number of ether oxygens (including phenoxy) is 1. The van der Waals surface area contributed by atoms with Gasteiger partial charge in [-0.1, -0.05) is 23.7 Å². The Morgan fingerprint density at radius 1 is 1.16 bits per heavy atom. The molecule has 2 aromatic carbocycles. The van der Waals surface area contributed by atoms with Gasteiger partial charge in [0.25, 0.3) is 0 Å². The molecule has 0 heterocycles. The summed E-state index contributed by atoms with van der Waals surface area (Å²) in [5.41, 5.74) is -0.377. The minimum absolute atomic E-state index is 0.0241. The number of hydrogen-bond acceptors (Lipinski definition) is 3. The molecular formula is C17H16ClF3N2O2. The molecule has 2 aromatic rings. The minimum atomic E-state index is -4.52. The van der Waals surface area contributed by atoms with Crippen molar-refractivity contribution < 1.29 is 22.7 Å². The van der Waals surface area contributed by atoms with Crippen LogP contribution >= 0.6 is 11.6 Å². The lowest BCUT2D eigenvalue weighted by Gasteiger charge is -2.14. The van der Waals surface area contributed by atoms with Gasteiger partial charge in [-0.2, -0.15) is 13.2 Å². The van der Waals surface area contributed by atoms with E-state index in [0.717, 1.165) is 18.2 Å². The van der Waals surface area contributed by atoms with Gasteiger partial charge in [-0.25, -0.2) is 0 Å². The van der Waals surface area contributed by atoms with Gasteiger partial charge in [-0.15, -0.1) is 0 Å². The molecule has 0 aliphatic rings. The zero-order chi connectivity index (χ0) is 18.4. The van der Waals surface area contributed by atoms with Crippen LogP contribution < -0.4 is 15.4 Å². The molecule has 0 radical (unpaired) electrons. The number of para-hydroxylation sites is 2. The Hall–Kier alpha value is -2.41. The standard InChI is InChI=1S/C17H16ClF3N2O2/c1-2-25-15-6-4-3-5-13(15)22-10-16(24)23-14-9-11(17(19,20)21)7-8-12(14)18/h3-9,22H,2,10H2,1H3,(H,23,24). The van der Waals surface area contributed by atoms with E-state index >= 15 is 0 Å². The molecule has 2 N–H and O–H groups in total. The van der Waals surface area contributed by atoms with Crippen molar-refractivity contribution >= 4 is 28.9 Å². The molecule has 0 saturated heterocycles. The number of halogens is 4.